The van der Waals surface area contributed by atoms with Crippen molar-refractivity contribution in [3.05, 3.63) is 70.3 Å². The summed E-state index contributed by atoms with van der Waals surface area (Å²) >= 11 is 6.52. The molecule has 2 saturated heterocycles. The number of carbonyl (C=O) groups is 2. The van der Waals surface area contributed by atoms with Gasteiger partial charge in [0.2, 0.25) is 5.91 Å². The summed E-state index contributed by atoms with van der Waals surface area (Å²) in [5.41, 5.74) is 3.14. The molecule has 8 nitrogen and oxygen atoms in total. The van der Waals surface area contributed by atoms with E-state index in [-0.39, 0.29) is 34.3 Å². The van der Waals surface area contributed by atoms with Gasteiger partial charge in [-0.15, -0.1) is 0 Å². The van der Waals surface area contributed by atoms with Gasteiger partial charge in [0.15, 0.2) is 0 Å². The molecule has 1 saturated carbocycles. The van der Waals surface area contributed by atoms with Crippen LogP contribution in [0.25, 0.3) is 0 Å². The predicted molar refractivity (Wildman–Crippen MR) is 218 cm³/mol. The van der Waals surface area contributed by atoms with Gasteiger partial charge in [0.1, 0.15) is 5.75 Å². The summed E-state index contributed by atoms with van der Waals surface area (Å²) in [6, 6.07) is 12.3. The van der Waals surface area contributed by atoms with E-state index >= 15 is 0 Å². The molecule has 0 radical (unpaired) electrons. The summed E-state index contributed by atoms with van der Waals surface area (Å²) in [4.78, 5) is 32.0. The maximum Gasteiger partial charge on any atom is 0.262 e. The second kappa shape index (κ2) is 14.8. The van der Waals surface area contributed by atoms with Crippen LogP contribution in [0.1, 0.15) is 106 Å². The summed E-state index contributed by atoms with van der Waals surface area (Å²) in [5, 5.41) is 0.396. The van der Waals surface area contributed by atoms with E-state index in [0.717, 1.165) is 93.9 Å². The van der Waals surface area contributed by atoms with E-state index in [4.69, 9.17) is 21.1 Å². The normalized spacial score (nSPS) is 37.5. The number of halogens is 1. The number of hydrogen-bond acceptors (Lipinski definition) is 6. The second-order valence-electron chi connectivity index (χ2n) is 17.6. The predicted octanol–water partition coefficient (Wildman–Crippen LogP) is 7.75. The fourth-order valence-corrected chi connectivity index (χ4v) is 12.7. The molecule has 2 amide bonds. The first-order chi connectivity index (χ1) is 25.9. The van der Waals surface area contributed by atoms with Crippen molar-refractivity contribution in [2.75, 3.05) is 38.3 Å². The molecule has 292 valence electrons. The quantitative estimate of drug-likeness (QED) is 0.254. The molecule has 2 unspecified atom stereocenters. The fraction of sp³-hybridized carbons (Fsp3) is 0.614. The Morgan fingerprint density at radius 2 is 1.94 bits per heavy atom. The number of amides is 2. The van der Waals surface area contributed by atoms with E-state index < -0.39 is 15.3 Å². The molecule has 2 aliphatic carbocycles. The highest BCUT2D eigenvalue weighted by molar-refractivity contribution is 7.99. The number of benzene rings is 2. The minimum absolute atomic E-state index is 0.00127. The van der Waals surface area contributed by atoms with Gasteiger partial charge in [-0.05, 0) is 149 Å². The highest BCUT2D eigenvalue weighted by atomic mass is 35.5. The molecule has 1 N–H and O–H groups in total. The number of ether oxygens (including phenoxy) is 2. The monoisotopic (exact) mass is 775 g/mol. The van der Waals surface area contributed by atoms with Crippen LogP contribution >= 0.6 is 11.6 Å². The Hall–Kier alpha value is -3.01. The average Bonchev–Trinajstić information content (AvgIpc) is 3.29. The SMILES string of the molecule is C=S1(=O)NC(=O)c2ccc3c(c2)N(C[C@@H]2CC[C@H]2[C@@](CC2CC(=O)N4CCCC[C@@H]4C2)(OC)/C=C/C[C@H](C)[C@H]1C)C[C@@]1(CCCc2cc(Cl)ccc21)CO3. The largest absolute Gasteiger partial charge is 0.490 e. The third-order valence-electron chi connectivity index (χ3n) is 14.4. The summed E-state index contributed by atoms with van der Waals surface area (Å²) < 4.78 is 30.4. The van der Waals surface area contributed by atoms with E-state index in [2.05, 4.69) is 51.6 Å². The van der Waals surface area contributed by atoms with Gasteiger partial charge in [0, 0.05) is 60.5 Å². The third-order valence-corrected chi connectivity index (χ3v) is 16.8. The van der Waals surface area contributed by atoms with Crippen LogP contribution in [-0.2, 0) is 31.1 Å². The molecule has 4 aliphatic heterocycles. The van der Waals surface area contributed by atoms with Gasteiger partial charge >= 0.3 is 0 Å². The lowest BCUT2D eigenvalue weighted by atomic mass is 9.61. The van der Waals surface area contributed by atoms with Gasteiger partial charge in [0.25, 0.3) is 5.91 Å². The van der Waals surface area contributed by atoms with Crippen molar-refractivity contribution in [2.45, 2.75) is 113 Å². The average molecular weight is 776 g/mol. The van der Waals surface area contributed by atoms with Crippen LogP contribution in [0.3, 0.4) is 0 Å². The number of hydrogen-bond donors (Lipinski definition) is 1. The zero-order valence-electron chi connectivity index (χ0n) is 32.3. The Balaban J connectivity index is 1.19. The minimum Gasteiger partial charge on any atom is -0.490 e. The smallest absolute Gasteiger partial charge is 0.262 e. The van der Waals surface area contributed by atoms with Crippen molar-refractivity contribution in [2.24, 2.45) is 23.7 Å². The topological polar surface area (TPSA) is 88.2 Å². The van der Waals surface area contributed by atoms with Gasteiger partial charge in [-0.3, -0.25) is 14.3 Å². The van der Waals surface area contributed by atoms with E-state index in [1.807, 2.05) is 32.2 Å². The Morgan fingerprint density at radius 1 is 1.09 bits per heavy atom. The van der Waals surface area contributed by atoms with Crippen LogP contribution < -0.4 is 14.4 Å². The first-order valence-corrected chi connectivity index (χ1v) is 22.6. The molecule has 10 heteroatoms. The molecule has 9 atom stereocenters. The van der Waals surface area contributed by atoms with Crippen LogP contribution in [0.4, 0.5) is 5.69 Å². The molecule has 1 spiro atoms. The number of methoxy groups -OCH3 is 1. The zero-order chi connectivity index (χ0) is 37.8. The molecule has 0 aromatic heterocycles. The van der Waals surface area contributed by atoms with Crippen molar-refractivity contribution in [3.8, 4) is 5.75 Å². The lowest BCUT2D eigenvalue weighted by molar-refractivity contribution is -0.143. The van der Waals surface area contributed by atoms with Crippen molar-refractivity contribution in [3.63, 3.8) is 0 Å². The van der Waals surface area contributed by atoms with Crippen molar-refractivity contribution < 1.29 is 23.3 Å². The van der Waals surface area contributed by atoms with Crippen LogP contribution in [-0.4, -0.2) is 77.0 Å². The number of anilines is 1. The Morgan fingerprint density at radius 3 is 2.74 bits per heavy atom. The lowest BCUT2D eigenvalue weighted by Crippen LogP contribution is -2.55. The highest BCUT2D eigenvalue weighted by Gasteiger charge is 2.51. The standard InChI is InChI=1S/C44H58ClN3O5S/c1-29-9-7-19-44(52-3,25-31-21-36-11-5-6-20-48(36)41(49)22-31)38-15-12-34(38)26-47-27-43(18-8-10-32-23-35(45)14-16-37(32)43)28-53-40-17-13-33(24-39(40)47)42(50)46-54(4,51)30(29)2/h7,13-14,16-17,19,23-24,29-31,34,36,38H,4-6,8-12,15,18,20-22,25-28H2,1-3H3,(H,46,50,51)/b19-7+/t29-,30+,31?,34-,36+,38+,43-,44+,54?/m0/s1. The number of carbonyl (C=O) groups excluding carboxylic acids is 2. The van der Waals surface area contributed by atoms with E-state index in [1.165, 1.54) is 17.5 Å². The van der Waals surface area contributed by atoms with Crippen molar-refractivity contribution >= 4 is 44.7 Å². The van der Waals surface area contributed by atoms with E-state index in [1.54, 1.807) is 6.07 Å². The molecular weight excluding hydrogens is 718 g/mol. The Bertz CT molecular complexity index is 1920. The molecule has 2 aromatic carbocycles. The molecule has 2 bridgehead atoms. The van der Waals surface area contributed by atoms with E-state index in [0.29, 0.717) is 42.9 Å². The maximum absolute atomic E-state index is 14.1. The first kappa shape index (κ1) is 37.9. The molecule has 6 aliphatic rings. The third kappa shape index (κ3) is 7.00. The summed E-state index contributed by atoms with van der Waals surface area (Å²) in [7, 11) is -1.12. The van der Waals surface area contributed by atoms with Crippen LogP contribution in [0.5, 0.6) is 5.75 Å². The minimum atomic E-state index is -2.98. The number of rotatable bonds is 3. The van der Waals surface area contributed by atoms with Crippen LogP contribution in [0, 0.1) is 23.7 Å². The number of aryl methyl sites for hydroxylation is 1. The van der Waals surface area contributed by atoms with E-state index in [9.17, 15) is 13.8 Å². The molecule has 54 heavy (non-hydrogen) atoms. The number of allylic oxidation sites excluding steroid dienone is 1. The summed E-state index contributed by atoms with van der Waals surface area (Å²) in [6.45, 7) is 6.96. The lowest BCUT2D eigenvalue weighted by Gasteiger charge is -2.52. The van der Waals surface area contributed by atoms with Gasteiger partial charge < -0.3 is 19.3 Å². The van der Waals surface area contributed by atoms with Gasteiger partial charge in [-0.1, -0.05) is 36.7 Å². The zero-order valence-corrected chi connectivity index (χ0v) is 33.9. The van der Waals surface area contributed by atoms with Gasteiger partial charge in [-0.25, -0.2) is 4.21 Å². The number of nitrogens with zero attached hydrogens (tertiary/aromatic N) is 2. The molecule has 3 fully saturated rings. The van der Waals surface area contributed by atoms with Gasteiger partial charge in [0.05, 0.1) is 27.6 Å². The fourth-order valence-electron chi connectivity index (χ4n) is 11.0. The van der Waals surface area contributed by atoms with Gasteiger partial charge in [-0.2, -0.15) is 0 Å². The number of piperidine rings is 2. The maximum atomic E-state index is 14.1. The molecule has 2 aromatic rings. The summed E-state index contributed by atoms with van der Waals surface area (Å²) in [5.74, 6) is 5.59. The Kier molecular flexibility index (Phi) is 10.4. The molecule has 4 heterocycles. The molecule has 8 rings (SSSR count). The summed E-state index contributed by atoms with van der Waals surface area (Å²) in [6.07, 6.45) is 16.2. The van der Waals surface area contributed by atoms with Crippen LogP contribution in [0.15, 0.2) is 48.6 Å². The highest BCUT2D eigenvalue weighted by Crippen LogP contribution is 2.51. The first-order valence-electron chi connectivity index (χ1n) is 20.4. The van der Waals surface area contributed by atoms with Crippen molar-refractivity contribution in [1.82, 2.24) is 9.62 Å². The van der Waals surface area contributed by atoms with Crippen molar-refractivity contribution in [1.29, 1.82) is 0 Å². The second-order valence-corrected chi connectivity index (χ2v) is 20.5. The van der Waals surface area contributed by atoms with Crippen LogP contribution in [0.2, 0.25) is 5.02 Å². The Labute approximate surface area is 327 Å². The molecular formula is C44H58ClN3O5S. The number of fused-ring (bicyclic) bond motifs is 5. The number of nitrogens with one attached hydrogen (secondary N) is 1.